The van der Waals surface area contributed by atoms with Crippen LogP contribution in [0.25, 0.3) is 5.69 Å². The molecule has 1 aromatic heterocycles. The third kappa shape index (κ3) is 4.97. The number of aliphatic imine (C=N–C) groups is 1. The smallest absolute Gasteiger partial charge is 0.357 e. The Labute approximate surface area is 195 Å². The van der Waals surface area contributed by atoms with Gasteiger partial charge in [-0.05, 0) is 56.1 Å². The van der Waals surface area contributed by atoms with Crippen LogP contribution in [0.5, 0.6) is 5.75 Å². The van der Waals surface area contributed by atoms with Gasteiger partial charge in [0.2, 0.25) is 17.8 Å². The average molecular weight is 459 g/mol. The van der Waals surface area contributed by atoms with Crippen molar-refractivity contribution in [2.75, 3.05) is 19.5 Å². The number of nitrogen functional groups attached to an aromatic ring is 1. The molecule has 0 aliphatic carbocycles. The molecule has 0 amide bonds. The lowest BCUT2D eigenvalue weighted by Gasteiger charge is -2.12. The SMILES string of the molecule is C=Nc1ccc(N=NC(C#N)C(=O)c2ccc(OC)cc2)cc1-n1c(C(=O)OCC)cnc1N. The first-order valence-electron chi connectivity index (χ1n) is 10.0. The fourth-order valence-corrected chi connectivity index (χ4v) is 3.03. The Morgan fingerprint density at radius 2 is 2.00 bits per heavy atom. The zero-order valence-electron chi connectivity index (χ0n) is 18.5. The molecule has 3 aromatic rings. The van der Waals surface area contributed by atoms with Crippen LogP contribution in [0.2, 0.25) is 0 Å². The molecule has 0 fully saturated rings. The molecule has 11 nitrogen and oxygen atoms in total. The van der Waals surface area contributed by atoms with Gasteiger partial charge in [-0.1, -0.05) is 0 Å². The van der Waals surface area contributed by atoms with Crippen molar-refractivity contribution < 1.29 is 19.1 Å². The van der Waals surface area contributed by atoms with E-state index in [-0.39, 0.29) is 23.9 Å². The maximum absolute atomic E-state index is 12.7. The fourth-order valence-electron chi connectivity index (χ4n) is 3.03. The first-order valence-corrected chi connectivity index (χ1v) is 10.0. The van der Waals surface area contributed by atoms with Crippen molar-refractivity contribution in [2.24, 2.45) is 15.2 Å². The van der Waals surface area contributed by atoms with Gasteiger partial charge in [-0.25, -0.2) is 9.78 Å². The van der Waals surface area contributed by atoms with E-state index in [4.69, 9.17) is 15.2 Å². The summed E-state index contributed by atoms with van der Waals surface area (Å²) < 4.78 is 11.5. The highest BCUT2D eigenvalue weighted by molar-refractivity contribution is 6.02. The summed E-state index contributed by atoms with van der Waals surface area (Å²) in [5, 5.41) is 17.4. The summed E-state index contributed by atoms with van der Waals surface area (Å²) in [6, 6.07) is 11.5. The van der Waals surface area contributed by atoms with Gasteiger partial charge in [-0.2, -0.15) is 15.5 Å². The van der Waals surface area contributed by atoms with Crippen LogP contribution >= 0.6 is 0 Å². The Kier molecular flexibility index (Phi) is 7.45. The van der Waals surface area contributed by atoms with Crippen LogP contribution in [-0.4, -0.2) is 47.8 Å². The fraction of sp³-hybridized carbons (Fsp3) is 0.174. The molecule has 1 unspecified atom stereocenters. The number of Topliss-reactive ketones (excluding diaryl/α,β-unsaturated/α-hetero) is 1. The minimum atomic E-state index is -1.36. The number of aromatic nitrogens is 2. The van der Waals surface area contributed by atoms with Gasteiger partial charge in [0.1, 0.15) is 5.75 Å². The second kappa shape index (κ2) is 10.6. The number of ketones is 1. The van der Waals surface area contributed by atoms with Crippen LogP contribution in [0.4, 0.5) is 17.3 Å². The molecule has 34 heavy (non-hydrogen) atoms. The lowest BCUT2D eigenvalue weighted by molar-refractivity contribution is 0.0517. The van der Waals surface area contributed by atoms with Gasteiger partial charge in [0.25, 0.3) is 0 Å². The molecule has 2 N–H and O–H groups in total. The van der Waals surface area contributed by atoms with Crippen LogP contribution in [0.15, 0.2) is 63.9 Å². The number of anilines is 1. The molecule has 1 atom stereocenters. The van der Waals surface area contributed by atoms with Crippen LogP contribution in [0.3, 0.4) is 0 Å². The summed E-state index contributed by atoms with van der Waals surface area (Å²) in [5.41, 5.74) is 7.38. The van der Waals surface area contributed by atoms with Crippen LogP contribution < -0.4 is 10.5 Å². The lowest BCUT2D eigenvalue weighted by atomic mass is 10.1. The summed E-state index contributed by atoms with van der Waals surface area (Å²) in [6.07, 6.45) is 1.29. The van der Waals surface area contributed by atoms with Gasteiger partial charge in [0, 0.05) is 5.56 Å². The molecule has 2 aromatic carbocycles. The molecule has 0 bridgehead atoms. The normalized spacial score (nSPS) is 11.6. The molecule has 0 saturated heterocycles. The predicted octanol–water partition coefficient (Wildman–Crippen LogP) is 3.83. The van der Waals surface area contributed by atoms with Gasteiger partial charge < -0.3 is 15.2 Å². The average Bonchev–Trinajstić information content (AvgIpc) is 3.25. The number of esters is 1. The maximum atomic E-state index is 12.7. The van der Waals surface area contributed by atoms with Crippen molar-refractivity contribution in [1.82, 2.24) is 9.55 Å². The van der Waals surface area contributed by atoms with E-state index in [0.29, 0.717) is 22.7 Å². The number of hydrogen-bond acceptors (Lipinski definition) is 10. The number of nitrogens with two attached hydrogens (primary N) is 1. The quantitative estimate of drug-likeness (QED) is 0.220. The van der Waals surface area contributed by atoms with E-state index >= 15 is 0 Å². The Balaban J connectivity index is 1.95. The zero-order chi connectivity index (χ0) is 24.7. The number of nitrogens with zero attached hydrogens (tertiary/aromatic N) is 6. The second-order valence-corrected chi connectivity index (χ2v) is 6.73. The van der Waals surface area contributed by atoms with E-state index in [1.165, 1.54) is 23.9 Å². The molecular formula is C23H21N7O4. The molecule has 0 aliphatic heterocycles. The monoisotopic (exact) mass is 459 g/mol. The molecule has 0 radical (unpaired) electrons. The van der Waals surface area contributed by atoms with Crippen molar-refractivity contribution in [3.63, 3.8) is 0 Å². The number of nitriles is 1. The molecule has 0 spiro atoms. The molecule has 11 heteroatoms. The van der Waals surface area contributed by atoms with E-state index in [2.05, 4.69) is 26.9 Å². The number of ether oxygens (including phenoxy) is 2. The van der Waals surface area contributed by atoms with Crippen molar-refractivity contribution >= 4 is 35.8 Å². The number of hydrogen-bond donors (Lipinski definition) is 1. The number of carbonyl (C=O) groups excluding carboxylic acids is 2. The van der Waals surface area contributed by atoms with E-state index in [1.54, 1.807) is 43.3 Å². The molecule has 0 saturated carbocycles. The topological polar surface area (TPSA) is 157 Å². The van der Waals surface area contributed by atoms with E-state index < -0.39 is 17.8 Å². The molecular weight excluding hydrogens is 438 g/mol. The summed E-state index contributed by atoms with van der Waals surface area (Å²) in [4.78, 5) is 32.9. The number of carbonyl (C=O) groups is 2. The minimum Gasteiger partial charge on any atom is -0.497 e. The van der Waals surface area contributed by atoms with Crippen LogP contribution in [0, 0.1) is 11.3 Å². The number of rotatable bonds is 9. The molecule has 1 heterocycles. The first kappa shape index (κ1) is 23.8. The Morgan fingerprint density at radius 3 is 2.62 bits per heavy atom. The Bertz CT molecular complexity index is 1290. The minimum absolute atomic E-state index is 0.0200. The molecule has 3 rings (SSSR count). The summed E-state index contributed by atoms with van der Waals surface area (Å²) >= 11 is 0. The van der Waals surface area contributed by atoms with Crippen molar-refractivity contribution in [1.29, 1.82) is 5.26 Å². The molecule has 172 valence electrons. The van der Waals surface area contributed by atoms with Crippen LogP contribution in [0.1, 0.15) is 27.8 Å². The second-order valence-electron chi connectivity index (χ2n) is 6.73. The van der Waals surface area contributed by atoms with Gasteiger partial charge in [0.05, 0.1) is 43.0 Å². The van der Waals surface area contributed by atoms with Gasteiger partial charge >= 0.3 is 5.97 Å². The van der Waals surface area contributed by atoms with E-state index in [1.807, 2.05) is 6.07 Å². The van der Waals surface area contributed by atoms with E-state index in [0.717, 1.165) is 0 Å². The van der Waals surface area contributed by atoms with Crippen LogP contribution in [-0.2, 0) is 4.74 Å². The highest BCUT2D eigenvalue weighted by Gasteiger charge is 2.21. The Hall–Kier alpha value is -4.85. The van der Waals surface area contributed by atoms with Gasteiger partial charge in [0.15, 0.2) is 5.69 Å². The van der Waals surface area contributed by atoms with Crippen molar-refractivity contribution in [2.45, 2.75) is 13.0 Å². The summed E-state index contributed by atoms with van der Waals surface area (Å²) in [7, 11) is 1.51. The lowest BCUT2D eigenvalue weighted by Crippen LogP contribution is -2.16. The van der Waals surface area contributed by atoms with Gasteiger partial charge in [-0.3, -0.25) is 14.4 Å². The number of imidazole rings is 1. The summed E-state index contributed by atoms with van der Waals surface area (Å²) in [5.74, 6) is -0.534. The third-order valence-electron chi connectivity index (χ3n) is 4.68. The molecule has 0 aliphatic rings. The number of methoxy groups -OCH3 is 1. The predicted molar refractivity (Wildman–Crippen MR) is 124 cm³/mol. The maximum Gasteiger partial charge on any atom is 0.357 e. The largest absolute Gasteiger partial charge is 0.497 e. The zero-order valence-corrected chi connectivity index (χ0v) is 18.5. The first-order chi connectivity index (χ1) is 16.4. The van der Waals surface area contributed by atoms with Crippen molar-refractivity contribution in [3.05, 3.63) is 59.9 Å². The number of benzene rings is 2. The number of azo groups is 1. The highest BCUT2D eigenvalue weighted by atomic mass is 16.5. The Morgan fingerprint density at radius 1 is 1.26 bits per heavy atom. The summed E-state index contributed by atoms with van der Waals surface area (Å²) in [6.45, 7) is 5.39. The third-order valence-corrected chi connectivity index (χ3v) is 4.68. The van der Waals surface area contributed by atoms with E-state index in [9.17, 15) is 14.9 Å². The highest BCUT2D eigenvalue weighted by Crippen LogP contribution is 2.31. The van der Waals surface area contributed by atoms with Gasteiger partial charge in [-0.15, -0.1) is 0 Å². The standard InChI is InChI=1S/C23H21N7O4/c1-4-34-22(32)20-13-27-23(25)30(20)19-11-15(7-10-17(19)26-2)28-29-18(12-24)21(31)14-5-8-16(33-3)9-6-14/h5-11,13,18H,2,4H2,1,3H3,(H2,25,27). The van der Waals surface area contributed by atoms with Crippen molar-refractivity contribution in [3.8, 4) is 17.5 Å².